The third-order valence-electron chi connectivity index (χ3n) is 5.65. The van der Waals surface area contributed by atoms with Gasteiger partial charge in [0.1, 0.15) is 0 Å². The van der Waals surface area contributed by atoms with Gasteiger partial charge in [-0.3, -0.25) is 9.59 Å². The normalized spacial score (nSPS) is 24.5. The highest BCUT2D eigenvalue weighted by atomic mass is 32.2. The molecule has 1 aromatic rings. The quantitative estimate of drug-likeness (QED) is 0.588. The molecule has 2 fully saturated rings. The number of rotatable bonds is 7. The van der Waals surface area contributed by atoms with Crippen LogP contribution < -0.4 is 0 Å². The molecule has 0 spiro atoms. The van der Waals surface area contributed by atoms with Crippen LogP contribution in [-0.4, -0.2) is 114 Å². The van der Waals surface area contributed by atoms with Gasteiger partial charge in [-0.05, 0) is 28.2 Å². The number of imidazole rings is 1. The zero-order chi connectivity index (χ0) is 20.5. The van der Waals surface area contributed by atoms with Crippen molar-refractivity contribution in [3.63, 3.8) is 0 Å². The third-order valence-corrected chi connectivity index (χ3v) is 6.69. The molecule has 3 rings (SSSR count). The highest BCUT2D eigenvalue weighted by molar-refractivity contribution is 7.99. The number of nitrogens with zero attached hydrogens (tertiary/aromatic N) is 6. The van der Waals surface area contributed by atoms with Crippen molar-refractivity contribution in [2.24, 2.45) is 18.4 Å². The SMILES string of the molecule is CN(C)CC(=O)N1C[C@@H]2CN(C(=O)CSc3nccn3C)C[C@]2(CN(C)C)C1. The number of hydrogen-bond donors (Lipinski definition) is 0. The number of hydrogen-bond acceptors (Lipinski definition) is 6. The van der Waals surface area contributed by atoms with Gasteiger partial charge in [0, 0.05) is 63.5 Å². The van der Waals surface area contributed by atoms with Gasteiger partial charge in [0.15, 0.2) is 5.16 Å². The number of likely N-dealkylation sites (tertiary alicyclic amines) is 2. The molecule has 9 heteroatoms. The molecule has 0 aliphatic carbocycles. The van der Waals surface area contributed by atoms with E-state index in [1.807, 2.05) is 46.6 Å². The van der Waals surface area contributed by atoms with E-state index in [1.165, 1.54) is 11.8 Å². The second-order valence-electron chi connectivity index (χ2n) is 8.69. The zero-order valence-corrected chi connectivity index (χ0v) is 18.4. The van der Waals surface area contributed by atoms with E-state index in [-0.39, 0.29) is 17.2 Å². The molecule has 0 radical (unpaired) electrons. The van der Waals surface area contributed by atoms with Gasteiger partial charge in [0.05, 0.1) is 12.3 Å². The van der Waals surface area contributed by atoms with Gasteiger partial charge in [-0.15, -0.1) is 0 Å². The van der Waals surface area contributed by atoms with Gasteiger partial charge >= 0.3 is 0 Å². The summed E-state index contributed by atoms with van der Waals surface area (Å²) in [6, 6.07) is 0. The number of amides is 2. The lowest BCUT2D eigenvalue weighted by Gasteiger charge is -2.32. The highest BCUT2D eigenvalue weighted by Gasteiger charge is 2.54. The fraction of sp³-hybridized carbons (Fsp3) is 0.737. The summed E-state index contributed by atoms with van der Waals surface area (Å²) in [6.07, 6.45) is 3.64. The second kappa shape index (κ2) is 8.42. The number of aromatic nitrogens is 2. The van der Waals surface area contributed by atoms with Crippen molar-refractivity contribution < 1.29 is 9.59 Å². The minimum absolute atomic E-state index is 0.0327. The number of fused-ring (bicyclic) bond motifs is 1. The van der Waals surface area contributed by atoms with Crippen LogP contribution in [0.2, 0.25) is 0 Å². The summed E-state index contributed by atoms with van der Waals surface area (Å²) in [5.41, 5.74) is -0.0327. The summed E-state index contributed by atoms with van der Waals surface area (Å²) < 4.78 is 1.93. The molecule has 2 atom stereocenters. The molecule has 0 saturated carbocycles. The van der Waals surface area contributed by atoms with Crippen molar-refractivity contribution >= 4 is 23.6 Å². The molecule has 2 aliphatic rings. The summed E-state index contributed by atoms with van der Waals surface area (Å²) in [5, 5.41) is 0.858. The molecule has 0 aromatic carbocycles. The lowest BCUT2D eigenvalue weighted by molar-refractivity contribution is -0.131. The molecule has 3 heterocycles. The Morgan fingerprint density at radius 1 is 1.14 bits per heavy atom. The summed E-state index contributed by atoms with van der Waals surface area (Å²) >= 11 is 1.48. The van der Waals surface area contributed by atoms with E-state index in [0.29, 0.717) is 18.2 Å². The van der Waals surface area contributed by atoms with E-state index in [0.717, 1.165) is 37.9 Å². The Labute approximate surface area is 171 Å². The molecule has 8 nitrogen and oxygen atoms in total. The number of carbonyl (C=O) groups excluding carboxylic acids is 2. The third kappa shape index (κ3) is 4.52. The minimum Gasteiger partial charge on any atom is -0.341 e. The van der Waals surface area contributed by atoms with Crippen LogP contribution in [0.5, 0.6) is 0 Å². The first-order chi connectivity index (χ1) is 13.2. The van der Waals surface area contributed by atoms with Gasteiger partial charge < -0.3 is 24.2 Å². The van der Waals surface area contributed by atoms with E-state index in [2.05, 4.69) is 24.0 Å². The van der Waals surface area contributed by atoms with Crippen molar-refractivity contribution in [3.8, 4) is 0 Å². The molecule has 1 aromatic heterocycles. The zero-order valence-electron chi connectivity index (χ0n) is 17.6. The van der Waals surface area contributed by atoms with Gasteiger partial charge in [0.25, 0.3) is 0 Å². The molecule has 156 valence electrons. The molecule has 0 bridgehead atoms. The standard InChI is InChI=1S/C19H32N6O2S/c1-21(2)10-16(26)24-8-15-9-25(14-19(15,13-24)12-22(3)4)17(27)11-28-18-20-6-7-23(18)5/h6-7,15H,8-14H2,1-5H3/t15-,19+/m1/s1. The molecule has 2 saturated heterocycles. The Bertz CT molecular complexity index is 721. The largest absolute Gasteiger partial charge is 0.341 e. The van der Waals surface area contributed by atoms with Crippen molar-refractivity contribution in [2.75, 3.05) is 73.2 Å². The van der Waals surface area contributed by atoms with Crippen LogP contribution in [0.3, 0.4) is 0 Å². The van der Waals surface area contributed by atoms with E-state index in [1.54, 1.807) is 6.20 Å². The van der Waals surface area contributed by atoms with Crippen LogP contribution in [0.1, 0.15) is 0 Å². The van der Waals surface area contributed by atoms with E-state index >= 15 is 0 Å². The fourth-order valence-corrected chi connectivity index (χ4v) is 5.33. The first kappa shape index (κ1) is 21.1. The van der Waals surface area contributed by atoms with Crippen molar-refractivity contribution in [2.45, 2.75) is 5.16 Å². The van der Waals surface area contributed by atoms with Crippen LogP contribution in [0.15, 0.2) is 17.6 Å². The van der Waals surface area contributed by atoms with Crippen LogP contribution in [0.25, 0.3) is 0 Å². The summed E-state index contributed by atoms with van der Waals surface area (Å²) in [6.45, 7) is 4.27. The Morgan fingerprint density at radius 2 is 1.79 bits per heavy atom. The van der Waals surface area contributed by atoms with Crippen LogP contribution in [0, 0.1) is 11.3 Å². The Hall–Kier alpha value is -1.58. The fourth-order valence-electron chi connectivity index (χ4n) is 4.49. The van der Waals surface area contributed by atoms with Crippen LogP contribution in [0.4, 0.5) is 0 Å². The number of carbonyl (C=O) groups is 2. The van der Waals surface area contributed by atoms with Gasteiger partial charge in [-0.1, -0.05) is 11.8 Å². The average molecular weight is 409 g/mol. The maximum absolute atomic E-state index is 12.8. The molecule has 28 heavy (non-hydrogen) atoms. The summed E-state index contributed by atoms with van der Waals surface area (Å²) in [5.74, 6) is 1.08. The van der Waals surface area contributed by atoms with E-state index in [9.17, 15) is 9.59 Å². The van der Waals surface area contributed by atoms with Crippen molar-refractivity contribution in [1.82, 2.24) is 29.2 Å². The Balaban J connectivity index is 1.64. The highest BCUT2D eigenvalue weighted by Crippen LogP contribution is 2.43. The van der Waals surface area contributed by atoms with Crippen LogP contribution in [-0.2, 0) is 16.6 Å². The molecule has 2 amide bonds. The first-order valence-electron chi connectivity index (χ1n) is 9.65. The molecule has 2 aliphatic heterocycles. The van der Waals surface area contributed by atoms with Crippen LogP contribution >= 0.6 is 11.8 Å². The number of thioether (sulfide) groups is 1. The Kier molecular flexibility index (Phi) is 6.36. The molecular weight excluding hydrogens is 376 g/mol. The molecular formula is C19H32N6O2S. The minimum atomic E-state index is -0.0327. The predicted octanol–water partition coefficient (Wildman–Crippen LogP) is -0.0776. The van der Waals surface area contributed by atoms with Crippen molar-refractivity contribution in [3.05, 3.63) is 12.4 Å². The van der Waals surface area contributed by atoms with Gasteiger partial charge in [-0.2, -0.15) is 0 Å². The smallest absolute Gasteiger partial charge is 0.236 e. The van der Waals surface area contributed by atoms with E-state index in [4.69, 9.17) is 0 Å². The van der Waals surface area contributed by atoms with Gasteiger partial charge in [0.2, 0.25) is 11.8 Å². The maximum atomic E-state index is 12.8. The Morgan fingerprint density at radius 3 is 2.32 bits per heavy atom. The van der Waals surface area contributed by atoms with E-state index < -0.39 is 0 Å². The predicted molar refractivity (Wildman–Crippen MR) is 110 cm³/mol. The number of aryl methyl sites for hydroxylation is 1. The monoisotopic (exact) mass is 408 g/mol. The summed E-state index contributed by atoms with van der Waals surface area (Å²) in [7, 11) is 9.91. The molecule has 0 unspecified atom stereocenters. The summed E-state index contributed by atoms with van der Waals surface area (Å²) in [4.78, 5) is 37.8. The number of likely N-dealkylation sites (N-methyl/N-ethyl adjacent to an activating group) is 1. The second-order valence-corrected chi connectivity index (χ2v) is 9.64. The lowest BCUT2D eigenvalue weighted by atomic mass is 9.80. The maximum Gasteiger partial charge on any atom is 0.236 e. The molecule has 0 N–H and O–H groups in total. The van der Waals surface area contributed by atoms with Crippen molar-refractivity contribution in [1.29, 1.82) is 0 Å². The average Bonchev–Trinajstić information content (AvgIpc) is 3.23. The van der Waals surface area contributed by atoms with Gasteiger partial charge in [-0.25, -0.2) is 4.98 Å². The lowest BCUT2D eigenvalue weighted by Crippen LogP contribution is -2.45. The first-order valence-corrected chi connectivity index (χ1v) is 10.6. The topological polar surface area (TPSA) is 64.9 Å².